The zero-order valence-electron chi connectivity index (χ0n) is 19.6. The van der Waals surface area contributed by atoms with Crippen molar-refractivity contribution in [2.45, 2.75) is 51.1 Å². The Labute approximate surface area is 195 Å². The van der Waals surface area contributed by atoms with Crippen molar-refractivity contribution in [3.63, 3.8) is 0 Å². The van der Waals surface area contributed by atoms with Crippen molar-refractivity contribution in [3.8, 4) is 0 Å². The van der Waals surface area contributed by atoms with Gasteiger partial charge in [0, 0.05) is 0 Å². The molecule has 180 valence electrons. The summed E-state index contributed by atoms with van der Waals surface area (Å²) < 4.78 is 4.57. The minimum absolute atomic E-state index is 0.517. The van der Waals surface area contributed by atoms with Gasteiger partial charge in [0.2, 0.25) is 0 Å². The van der Waals surface area contributed by atoms with Gasteiger partial charge in [-0.1, -0.05) is 72.9 Å². The maximum Gasteiger partial charge on any atom is 0.346 e. The molecule has 0 aromatic heterocycles. The fraction of sp³-hybridized carbons (Fsp3) is 0.308. The summed E-state index contributed by atoms with van der Waals surface area (Å²) in [4.78, 5) is 24.9. The number of hydrogen-bond donors (Lipinski definition) is 4. The van der Waals surface area contributed by atoms with Crippen molar-refractivity contribution in [2.75, 3.05) is 0 Å². The maximum absolute atomic E-state index is 12.4. The number of aliphatic hydroxyl groups excluding tert-OH is 2. The zero-order valence-corrected chi connectivity index (χ0v) is 19.6. The first-order chi connectivity index (χ1) is 15.0. The molecule has 0 bridgehead atoms. The van der Waals surface area contributed by atoms with Crippen LogP contribution in [0.2, 0.25) is 0 Å². The molecule has 7 heteroatoms. The van der Waals surface area contributed by atoms with E-state index >= 15 is 0 Å². The van der Waals surface area contributed by atoms with Gasteiger partial charge in [-0.2, -0.15) is 0 Å². The molecule has 33 heavy (non-hydrogen) atoms. The molecular weight excluding hydrogens is 424 g/mol. The predicted molar refractivity (Wildman–Crippen MR) is 129 cm³/mol. The van der Waals surface area contributed by atoms with Gasteiger partial charge in [-0.3, -0.25) is 0 Å². The van der Waals surface area contributed by atoms with Crippen LogP contribution in [0.1, 0.15) is 27.7 Å². The fourth-order valence-electron chi connectivity index (χ4n) is 2.17. The Morgan fingerprint density at radius 3 is 1.03 bits per heavy atom. The standard InChI is InChI=1S/C26H34O7/c1-17(2)9-13-25(31,14-10-18(3)4)21(27)23(29)33-24(30)22(28)26(32,15-11-19(5)6)16-12-20(7)8/h9-16,21-22,27-28,31-32H,1,3,5,7H2,2,4,6,8H3. The summed E-state index contributed by atoms with van der Waals surface area (Å²) in [5.41, 5.74) is -2.47. The van der Waals surface area contributed by atoms with Gasteiger partial charge >= 0.3 is 11.9 Å². The SMILES string of the molecule is C=C(C)C=CC(O)(C=CC(=C)C)C(O)C(=O)OC(=O)C(O)C(O)(C=CC(=C)C)C=CC(=C)C. The van der Waals surface area contributed by atoms with Gasteiger partial charge in [-0.25, -0.2) is 9.59 Å². The molecule has 0 aromatic rings. The summed E-state index contributed by atoms with van der Waals surface area (Å²) in [5, 5.41) is 42.4. The summed E-state index contributed by atoms with van der Waals surface area (Å²) in [6.07, 6.45) is 5.35. The van der Waals surface area contributed by atoms with Crippen molar-refractivity contribution in [1.29, 1.82) is 0 Å². The van der Waals surface area contributed by atoms with Gasteiger partial charge in [0.1, 0.15) is 11.2 Å². The number of rotatable bonds is 12. The number of carbonyl (C=O) groups is 2. The molecule has 0 rings (SSSR count). The highest BCUT2D eigenvalue weighted by molar-refractivity contribution is 5.91. The topological polar surface area (TPSA) is 124 Å². The van der Waals surface area contributed by atoms with Crippen molar-refractivity contribution in [3.05, 3.63) is 97.2 Å². The smallest absolute Gasteiger partial charge is 0.346 e. The summed E-state index contributed by atoms with van der Waals surface area (Å²) in [7, 11) is 0. The van der Waals surface area contributed by atoms with Crippen LogP contribution < -0.4 is 0 Å². The average molecular weight is 459 g/mol. The third-order valence-electron chi connectivity index (χ3n) is 4.06. The Hall–Kier alpha value is -3.10. The monoisotopic (exact) mass is 458 g/mol. The molecule has 0 radical (unpaired) electrons. The van der Waals surface area contributed by atoms with Crippen LogP contribution in [-0.2, 0) is 14.3 Å². The highest BCUT2D eigenvalue weighted by Gasteiger charge is 2.42. The van der Waals surface area contributed by atoms with E-state index < -0.39 is 35.3 Å². The number of hydrogen-bond acceptors (Lipinski definition) is 7. The summed E-state index contributed by atoms with van der Waals surface area (Å²) >= 11 is 0. The van der Waals surface area contributed by atoms with Crippen LogP contribution in [0.25, 0.3) is 0 Å². The van der Waals surface area contributed by atoms with E-state index in [0.717, 1.165) is 24.3 Å². The number of esters is 2. The Morgan fingerprint density at radius 2 is 0.848 bits per heavy atom. The van der Waals surface area contributed by atoms with Crippen LogP contribution in [0, 0.1) is 0 Å². The Kier molecular flexibility index (Phi) is 11.6. The number of ether oxygens (including phenoxy) is 1. The van der Waals surface area contributed by atoms with Crippen molar-refractivity contribution in [1.82, 2.24) is 0 Å². The normalized spacial score (nSPS) is 17.6. The lowest BCUT2D eigenvalue weighted by Gasteiger charge is -2.28. The van der Waals surface area contributed by atoms with E-state index in [-0.39, 0.29) is 0 Å². The lowest BCUT2D eigenvalue weighted by Crippen LogP contribution is -2.49. The molecule has 2 unspecified atom stereocenters. The molecule has 2 atom stereocenters. The van der Waals surface area contributed by atoms with E-state index in [1.165, 1.54) is 24.3 Å². The molecule has 0 spiro atoms. The minimum Gasteiger partial charge on any atom is -0.389 e. The molecule has 0 aliphatic carbocycles. The first-order valence-electron chi connectivity index (χ1n) is 9.99. The van der Waals surface area contributed by atoms with Crippen molar-refractivity contribution in [2.24, 2.45) is 0 Å². The molecule has 0 saturated carbocycles. The lowest BCUT2D eigenvalue weighted by molar-refractivity contribution is -0.180. The second-order valence-corrected chi connectivity index (χ2v) is 8.04. The van der Waals surface area contributed by atoms with E-state index in [4.69, 9.17) is 0 Å². The lowest BCUT2D eigenvalue weighted by atomic mass is 9.93. The number of aliphatic hydroxyl groups is 4. The minimum atomic E-state index is -2.27. The molecule has 0 aromatic carbocycles. The fourth-order valence-corrected chi connectivity index (χ4v) is 2.17. The maximum atomic E-state index is 12.4. The largest absolute Gasteiger partial charge is 0.389 e. The van der Waals surface area contributed by atoms with Gasteiger partial charge in [0.05, 0.1) is 0 Å². The van der Waals surface area contributed by atoms with Gasteiger partial charge in [0.25, 0.3) is 0 Å². The van der Waals surface area contributed by atoms with Gasteiger partial charge in [0.15, 0.2) is 12.2 Å². The van der Waals surface area contributed by atoms with Crippen LogP contribution in [0.15, 0.2) is 97.2 Å². The average Bonchev–Trinajstić information content (AvgIpc) is 2.72. The molecule has 4 N–H and O–H groups in total. The zero-order chi connectivity index (χ0) is 26.0. The summed E-state index contributed by atoms with van der Waals surface area (Å²) in [5.74, 6) is -3.09. The first kappa shape index (κ1) is 29.9. The predicted octanol–water partition coefficient (Wildman–Crippen LogP) is 2.77. The van der Waals surface area contributed by atoms with E-state index in [0.29, 0.717) is 22.3 Å². The Bertz CT molecular complexity index is 793. The summed E-state index contributed by atoms with van der Waals surface area (Å²) in [6.45, 7) is 21.1. The third-order valence-corrected chi connectivity index (χ3v) is 4.06. The van der Waals surface area contributed by atoms with E-state index in [1.54, 1.807) is 27.7 Å². The van der Waals surface area contributed by atoms with Gasteiger partial charge in [-0.15, -0.1) is 0 Å². The van der Waals surface area contributed by atoms with Gasteiger partial charge < -0.3 is 25.2 Å². The highest BCUT2D eigenvalue weighted by Crippen LogP contribution is 2.22. The molecule has 0 heterocycles. The first-order valence-corrected chi connectivity index (χ1v) is 9.99. The third kappa shape index (κ3) is 10.4. The van der Waals surface area contributed by atoms with Crippen LogP contribution >= 0.6 is 0 Å². The van der Waals surface area contributed by atoms with Crippen LogP contribution in [0.4, 0.5) is 0 Å². The van der Waals surface area contributed by atoms with Crippen LogP contribution in [0.3, 0.4) is 0 Å². The second kappa shape index (κ2) is 12.8. The van der Waals surface area contributed by atoms with Gasteiger partial charge in [-0.05, 0) is 52.0 Å². The number of allylic oxidation sites excluding steroid dienone is 8. The van der Waals surface area contributed by atoms with Crippen molar-refractivity contribution < 1.29 is 34.8 Å². The molecule has 0 saturated heterocycles. The van der Waals surface area contributed by atoms with Crippen LogP contribution in [-0.4, -0.2) is 55.8 Å². The number of carbonyl (C=O) groups excluding carboxylic acids is 2. The van der Waals surface area contributed by atoms with Crippen molar-refractivity contribution >= 4 is 11.9 Å². The highest BCUT2D eigenvalue weighted by atomic mass is 16.6. The summed E-state index contributed by atoms with van der Waals surface area (Å²) in [6, 6.07) is 0. The second-order valence-electron chi connectivity index (χ2n) is 8.04. The Balaban J connectivity index is 5.92. The molecule has 7 nitrogen and oxygen atoms in total. The molecule has 0 aliphatic rings. The Morgan fingerprint density at radius 1 is 0.636 bits per heavy atom. The van der Waals surface area contributed by atoms with E-state index in [2.05, 4.69) is 31.1 Å². The molecule has 0 aliphatic heterocycles. The quantitative estimate of drug-likeness (QED) is 0.201. The molecular formula is C26H34O7. The van der Waals surface area contributed by atoms with E-state index in [1.807, 2.05) is 0 Å². The molecule has 0 fully saturated rings. The molecule has 0 amide bonds. The van der Waals surface area contributed by atoms with Crippen LogP contribution in [0.5, 0.6) is 0 Å². The van der Waals surface area contributed by atoms with E-state index in [9.17, 15) is 30.0 Å².